The minimum absolute atomic E-state index is 0.0562. The summed E-state index contributed by atoms with van der Waals surface area (Å²) in [7, 11) is 0. The van der Waals surface area contributed by atoms with Gasteiger partial charge < -0.3 is 10.5 Å². The Balaban J connectivity index is 2.02. The van der Waals surface area contributed by atoms with E-state index in [0.717, 1.165) is 19.3 Å². The first-order valence-corrected chi connectivity index (χ1v) is 6.56. The number of ether oxygens (including phenoxy) is 1. The molecule has 4 nitrogen and oxygen atoms in total. The Morgan fingerprint density at radius 2 is 2.28 bits per heavy atom. The number of hydrogen-bond acceptors (Lipinski definition) is 4. The Hall–Kier alpha value is -1.42. The molecule has 98 valence electrons. The molecule has 1 aromatic heterocycles. The number of carbonyl (C=O) groups is 1. The van der Waals surface area contributed by atoms with E-state index in [2.05, 4.69) is 11.9 Å². The summed E-state index contributed by atoms with van der Waals surface area (Å²) in [5.41, 5.74) is 6.76. The summed E-state index contributed by atoms with van der Waals surface area (Å²) < 4.78 is 5.58. The van der Waals surface area contributed by atoms with Crippen LogP contribution in [0.3, 0.4) is 0 Å². The molecule has 0 bridgehead atoms. The van der Waals surface area contributed by atoms with Crippen molar-refractivity contribution in [2.75, 3.05) is 0 Å². The zero-order valence-corrected chi connectivity index (χ0v) is 10.8. The first kappa shape index (κ1) is 13.0. The summed E-state index contributed by atoms with van der Waals surface area (Å²) in [4.78, 5) is 16.1. The van der Waals surface area contributed by atoms with E-state index in [1.165, 1.54) is 6.42 Å². The SMILES string of the molecule is CC1CCCCC1OC(=O)c1ccnc(CN)c1. The average molecular weight is 248 g/mol. The second kappa shape index (κ2) is 5.96. The first-order chi connectivity index (χ1) is 8.70. The molecule has 0 radical (unpaired) electrons. The fourth-order valence-corrected chi connectivity index (χ4v) is 2.38. The van der Waals surface area contributed by atoms with Crippen LogP contribution < -0.4 is 5.73 Å². The van der Waals surface area contributed by atoms with Crippen LogP contribution in [0.2, 0.25) is 0 Å². The lowest BCUT2D eigenvalue weighted by Gasteiger charge is -2.28. The van der Waals surface area contributed by atoms with E-state index < -0.39 is 0 Å². The zero-order valence-electron chi connectivity index (χ0n) is 10.8. The average Bonchev–Trinajstić information content (AvgIpc) is 2.41. The van der Waals surface area contributed by atoms with E-state index in [4.69, 9.17) is 10.5 Å². The highest BCUT2D eigenvalue weighted by Gasteiger charge is 2.25. The number of nitrogens with two attached hydrogens (primary N) is 1. The van der Waals surface area contributed by atoms with Gasteiger partial charge in [-0.2, -0.15) is 0 Å². The number of hydrogen-bond donors (Lipinski definition) is 1. The van der Waals surface area contributed by atoms with Crippen molar-refractivity contribution >= 4 is 5.97 Å². The largest absolute Gasteiger partial charge is 0.458 e. The minimum Gasteiger partial charge on any atom is -0.458 e. The number of nitrogens with zero attached hydrogens (tertiary/aromatic N) is 1. The normalized spacial score (nSPS) is 23.7. The number of carbonyl (C=O) groups excluding carboxylic acids is 1. The van der Waals surface area contributed by atoms with Crippen molar-refractivity contribution < 1.29 is 9.53 Å². The molecule has 1 aromatic rings. The quantitative estimate of drug-likeness (QED) is 0.833. The number of pyridine rings is 1. The van der Waals surface area contributed by atoms with Crippen molar-refractivity contribution in [1.82, 2.24) is 4.98 Å². The number of aromatic nitrogens is 1. The molecule has 0 spiro atoms. The second-order valence-corrected chi connectivity index (χ2v) is 4.95. The van der Waals surface area contributed by atoms with Gasteiger partial charge in [0.25, 0.3) is 0 Å². The number of esters is 1. The highest BCUT2D eigenvalue weighted by molar-refractivity contribution is 5.89. The summed E-state index contributed by atoms with van der Waals surface area (Å²) in [5, 5.41) is 0. The molecule has 18 heavy (non-hydrogen) atoms. The second-order valence-electron chi connectivity index (χ2n) is 4.95. The Morgan fingerprint density at radius 1 is 1.50 bits per heavy atom. The lowest BCUT2D eigenvalue weighted by Crippen LogP contribution is -2.28. The maximum Gasteiger partial charge on any atom is 0.338 e. The lowest BCUT2D eigenvalue weighted by atomic mass is 9.88. The minimum atomic E-state index is -0.258. The van der Waals surface area contributed by atoms with E-state index in [-0.39, 0.29) is 12.1 Å². The summed E-state index contributed by atoms with van der Waals surface area (Å²) in [6.07, 6.45) is 6.16. The van der Waals surface area contributed by atoms with Crippen molar-refractivity contribution in [2.24, 2.45) is 11.7 Å². The van der Waals surface area contributed by atoms with Crippen molar-refractivity contribution in [1.29, 1.82) is 0 Å². The lowest BCUT2D eigenvalue weighted by molar-refractivity contribution is 0.00479. The van der Waals surface area contributed by atoms with Gasteiger partial charge in [-0.05, 0) is 37.3 Å². The predicted octanol–water partition coefficient (Wildman–Crippen LogP) is 2.28. The van der Waals surface area contributed by atoms with Gasteiger partial charge in [-0.15, -0.1) is 0 Å². The zero-order chi connectivity index (χ0) is 13.0. The third-order valence-electron chi connectivity index (χ3n) is 3.55. The Morgan fingerprint density at radius 3 is 3.00 bits per heavy atom. The maximum atomic E-state index is 12.0. The monoisotopic (exact) mass is 248 g/mol. The Kier molecular flexibility index (Phi) is 4.31. The molecule has 1 aliphatic carbocycles. The van der Waals surface area contributed by atoms with Crippen LogP contribution in [0.5, 0.6) is 0 Å². The molecule has 1 fully saturated rings. The van der Waals surface area contributed by atoms with E-state index in [9.17, 15) is 4.79 Å². The summed E-state index contributed by atoms with van der Waals surface area (Å²) in [6, 6.07) is 3.38. The molecule has 2 rings (SSSR count). The highest BCUT2D eigenvalue weighted by Crippen LogP contribution is 2.27. The van der Waals surface area contributed by atoms with Crippen LogP contribution in [0, 0.1) is 5.92 Å². The predicted molar refractivity (Wildman–Crippen MR) is 69.0 cm³/mol. The Labute approximate surface area is 108 Å². The van der Waals surface area contributed by atoms with Gasteiger partial charge in [0.05, 0.1) is 11.3 Å². The maximum absolute atomic E-state index is 12.0. The van der Waals surface area contributed by atoms with Crippen LogP contribution in [-0.4, -0.2) is 17.1 Å². The topological polar surface area (TPSA) is 65.2 Å². The molecule has 1 saturated carbocycles. The van der Waals surface area contributed by atoms with Crippen LogP contribution in [-0.2, 0) is 11.3 Å². The van der Waals surface area contributed by atoms with Crippen LogP contribution in [0.1, 0.15) is 48.7 Å². The molecule has 0 aliphatic heterocycles. The van der Waals surface area contributed by atoms with Crippen molar-refractivity contribution in [3.05, 3.63) is 29.6 Å². The number of rotatable bonds is 3. The van der Waals surface area contributed by atoms with E-state index in [1.807, 2.05) is 0 Å². The van der Waals surface area contributed by atoms with Gasteiger partial charge >= 0.3 is 5.97 Å². The fourth-order valence-electron chi connectivity index (χ4n) is 2.38. The van der Waals surface area contributed by atoms with Gasteiger partial charge in [0.1, 0.15) is 6.10 Å². The molecule has 2 unspecified atom stereocenters. The Bertz CT molecular complexity index is 420. The summed E-state index contributed by atoms with van der Waals surface area (Å²) in [6.45, 7) is 2.48. The molecule has 0 aromatic carbocycles. The van der Waals surface area contributed by atoms with E-state index in [1.54, 1.807) is 18.3 Å². The molecule has 0 amide bonds. The van der Waals surface area contributed by atoms with Crippen LogP contribution in [0.15, 0.2) is 18.3 Å². The highest BCUT2D eigenvalue weighted by atomic mass is 16.5. The summed E-state index contributed by atoms with van der Waals surface area (Å²) in [5.74, 6) is 0.198. The molecule has 0 saturated heterocycles. The van der Waals surface area contributed by atoms with Crippen molar-refractivity contribution in [3.63, 3.8) is 0 Å². The van der Waals surface area contributed by atoms with Gasteiger partial charge in [-0.3, -0.25) is 4.98 Å². The van der Waals surface area contributed by atoms with Gasteiger partial charge in [0.15, 0.2) is 0 Å². The van der Waals surface area contributed by atoms with Gasteiger partial charge in [-0.1, -0.05) is 13.3 Å². The summed E-state index contributed by atoms with van der Waals surface area (Å²) >= 11 is 0. The first-order valence-electron chi connectivity index (χ1n) is 6.56. The molecule has 1 aliphatic rings. The van der Waals surface area contributed by atoms with Crippen LogP contribution in [0.4, 0.5) is 0 Å². The molecule has 1 heterocycles. The van der Waals surface area contributed by atoms with Crippen molar-refractivity contribution in [3.8, 4) is 0 Å². The van der Waals surface area contributed by atoms with E-state index >= 15 is 0 Å². The van der Waals surface area contributed by atoms with Gasteiger partial charge in [0.2, 0.25) is 0 Å². The molecule has 2 N–H and O–H groups in total. The standard InChI is InChI=1S/C14H20N2O2/c1-10-4-2-3-5-13(10)18-14(17)11-6-7-16-12(8-11)9-15/h6-8,10,13H,2-5,9,15H2,1H3. The van der Waals surface area contributed by atoms with Crippen LogP contribution in [0.25, 0.3) is 0 Å². The molecule has 2 atom stereocenters. The fraction of sp³-hybridized carbons (Fsp3) is 0.571. The molecular formula is C14H20N2O2. The van der Waals surface area contributed by atoms with Gasteiger partial charge in [0, 0.05) is 12.7 Å². The van der Waals surface area contributed by atoms with Crippen LogP contribution >= 0.6 is 0 Å². The molecule has 4 heteroatoms. The van der Waals surface area contributed by atoms with Crippen molar-refractivity contribution in [2.45, 2.75) is 45.3 Å². The third-order valence-corrected chi connectivity index (χ3v) is 3.55. The third kappa shape index (κ3) is 3.07. The smallest absolute Gasteiger partial charge is 0.338 e. The van der Waals surface area contributed by atoms with E-state index in [0.29, 0.717) is 23.7 Å². The molecular weight excluding hydrogens is 228 g/mol. The van der Waals surface area contributed by atoms with Gasteiger partial charge in [-0.25, -0.2) is 4.79 Å².